The Balaban J connectivity index is 3.14. The molecule has 1 nitrogen and oxygen atoms in total. The van der Waals surface area contributed by atoms with Crippen molar-refractivity contribution < 1.29 is 4.79 Å². The minimum Gasteiger partial charge on any atom is -0.299 e. The molecule has 0 saturated carbocycles. The Bertz CT molecular complexity index is 362. The van der Waals surface area contributed by atoms with Gasteiger partial charge in [-0.1, -0.05) is 174 Å². The normalized spacial score (nSPS) is 11.3. The molecule has 0 bridgehead atoms. The van der Waals surface area contributed by atoms with Gasteiger partial charge in [0.15, 0.2) is 0 Å². The van der Waals surface area contributed by atoms with Gasteiger partial charge in [0.2, 0.25) is 0 Å². The van der Waals surface area contributed by atoms with Crippen molar-refractivity contribution in [3.63, 3.8) is 0 Å². The highest BCUT2D eigenvalue weighted by Crippen LogP contribution is 2.15. The molecule has 197 valence electrons. The fourth-order valence-electron chi connectivity index (χ4n) is 4.84. The van der Waals surface area contributed by atoms with E-state index in [1.54, 1.807) is 0 Å². The van der Waals surface area contributed by atoms with Crippen LogP contribution in [-0.4, -0.2) is 5.78 Å². The number of hydrogen-bond acceptors (Lipinski definition) is 1. The van der Waals surface area contributed by atoms with E-state index in [1.807, 2.05) is 6.42 Å². The van der Waals surface area contributed by atoms with Crippen LogP contribution in [-0.2, 0) is 4.79 Å². The van der Waals surface area contributed by atoms with Gasteiger partial charge in [-0.25, -0.2) is 0 Å². The van der Waals surface area contributed by atoms with Crippen LogP contribution in [0.25, 0.3) is 0 Å². The van der Waals surface area contributed by atoms with Gasteiger partial charge in [-0.05, 0) is 12.8 Å². The molecule has 0 spiro atoms. The molecule has 0 fully saturated rings. The fourth-order valence-corrected chi connectivity index (χ4v) is 4.84. The van der Waals surface area contributed by atoms with Crippen LogP contribution in [0.2, 0.25) is 0 Å². The minimum absolute atomic E-state index is 0.400. The third-order valence-corrected chi connectivity index (χ3v) is 7.21. The molecule has 0 aliphatic carbocycles. The van der Waals surface area contributed by atoms with Gasteiger partial charge >= 0.3 is 0 Å². The van der Waals surface area contributed by atoms with E-state index in [-0.39, 0.29) is 0 Å². The second-order valence-electron chi connectivity index (χ2n) is 10.7. The summed E-state index contributed by atoms with van der Waals surface area (Å²) in [5.74, 6) is 0.400. The van der Waals surface area contributed by atoms with Crippen molar-refractivity contribution in [2.75, 3.05) is 0 Å². The Morgan fingerprint density at radius 1 is 0.394 bits per heavy atom. The van der Waals surface area contributed by atoms with Crippen molar-refractivity contribution in [2.45, 2.75) is 194 Å². The van der Waals surface area contributed by atoms with Gasteiger partial charge in [-0.15, -0.1) is 0 Å². The monoisotopic (exact) mass is 463 g/mol. The summed E-state index contributed by atoms with van der Waals surface area (Å²) >= 11 is 0. The first-order valence-electron chi connectivity index (χ1n) is 15.7. The third kappa shape index (κ3) is 29.6. The number of ketones is 1. The Kier molecular flexibility index (Phi) is 29.4. The number of unbranched alkanes of at least 4 members (excludes halogenated alkanes) is 25. The van der Waals surface area contributed by atoms with Crippen LogP contribution in [0.15, 0.2) is 0 Å². The van der Waals surface area contributed by atoms with E-state index in [9.17, 15) is 4.79 Å². The van der Waals surface area contributed by atoms with Crippen LogP contribution in [0.5, 0.6) is 0 Å². The summed E-state index contributed by atoms with van der Waals surface area (Å²) in [4.78, 5) is 12.0. The third-order valence-electron chi connectivity index (χ3n) is 7.21. The van der Waals surface area contributed by atoms with E-state index in [0.29, 0.717) is 5.78 Å². The van der Waals surface area contributed by atoms with E-state index in [1.165, 1.54) is 161 Å². The number of carbonyl (C=O) groups is 1. The summed E-state index contributed by atoms with van der Waals surface area (Å²) in [5, 5.41) is 0. The molecular formula is C32H63O. The van der Waals surface area contributed by atoms with E-state index in [4.69, 9.17) is 0 Å². The molecule has 0 aromatic carbocycles. The van der Waals surface area contributed by atoms with Gasteiger partial charge in [0.05, 0.1) is 0 Å². The zero-order chi connectivity index (χ0) is 24.1. The lowest BCUT2D eigenvalue weighted by Crippen LogP contribution is -1.98. The molecule has 0 aliphatic heterocycles. The molecule has 0 unspecified atom stereocenters. The van der Waals surface area contributed by atoms with Crippen LogP contribution in [0, 0.1) is 6.42 Å². The second kappa shape index (κ2) is 29.7. The number of Topliss-reactive ketones (excluding diaryl/α,β-unsaturated/α-hetero) is 1. The first-order valence-corrected chi connectivity index (χ1v) is 15.7. The maximum absolute atomic E-state index is 12.0. The van der Waals surface area contributed by atoms with E-state index in [2.05, 4.69) is 13.8 Å². The average Bonchev–Trinajstić information content (AvgIpc) is 2.82. The lowest BCUT2D eigenvalue weighted by Gasteiger charge is -2.04. The van der Waals surface area contributed by atoms with E-state index >= 15 is 0 Å². The summed E-state index contributed by atoms with van der Waals surface area (Å²) in [6.07, 6.45) is 39.7. The Labute approximate surface area is 210 Å². The average molecular weight is 464 g/mol. The van der Waals surface area contributed by atoms with E-state index in [0.717, 1.165) is 19.3 Å². The zero-order valence-electron chi connectivity index (χ0n) is 23.3. The Morgan fingerprint density at radius 3 is 1.00 bits per heavy atom. The first kappa shape index (κ1) is 32.7. The molecule has 1 radical (unpaired) electrons. The molecule has 33 heavy (non-hydrogen) atoms. The molecule has 0 aromatic heterocycles. The molecular weight excluding hydrogens is 400 g/mol. The van der Waals surface area contributed by atoms with Crippen LogP contribution in [0.1, 0.15) is 194 Å². The highest BCUT2D eigenvalue weighted by atomic mass is 16.1. The highest BCUT2D eigenvalue weighted by Gasteiger charge is 2.02. The number of carbonyl (C=O) groups excluding carboxylic acids is 1. The number of rotatable bonds is 29. The van der Waals surface area contributed by atoms with Crippen LogP contribution < -0.4 is 0 Å². The summed E-state index contributed by atoms with van der Waals surface area (Å²) in [5.41, 5.74) is 0. The summed E-state index contributed by atoms with van der Waals surface area (Å²) < 4.78 is 0. The smallest absolute Gasteiger partial charge is 0.136 e. The van der Waals surface area contributed by atoms with Gasteiger partial charge < -0.3 is 0 Å². The van der Waals surface area contributed by atoms with Gasteiger partial charge in [0.1, 0.15) is 5.78 Å². The lowest BCUT2D eigenvalue weighted by molar-refractivity contribution is -0.116. The fraction of sp³-hybridized carbons (Fsp3) is 0.938. The molecule has 0 saturated heterocycles. The predicted molar refractivity (Wildman–Crippen MR) is 150 cm³/mol. The van der Waals surface area contributed by atoms with Crippen molar-refractivity contribution in [3.05, 3.63) is 6.42 Å². The lowest BCUT2D eigenvalue weighted by atomic mass is 10.0. The molecule has 0 heterocycles. The van der Waals surface area contributed by atoms with Gasteiger partial charge in [-0.3, -0.25) is 4.79 Å². The van der Waals surface area contributed by atoms with Crippen molar-refractivity contribution >= 4 is 5.78 Å². The summed E-state index contributed by atoms with van der Waals surface area (Å²) in [7, 11) is 0. The summed E-state index contributed by atoms with van der Waals surface area (Å²) in [6, 6.07) is 0. The van der Waals surface area contributed by atoms with Gasteiger partial charge in [0, 0.05) is 12.8 Å². The second-order valence-corrected chi connectivity index (χ2v) is 10.7. The largest absolute Gasteiger partial charge is 0.299 e. The van der Waals surface area contributed by atoms with E-state index < -0.39 is 0 Å². The SMILES string of the molecule is CCCCCCCCCCCCCCC[CH]C(=O)CCCCCCCCCCCCCCC. The zero-order valence-corrected chi connectivity index (χ0v) is 23.3. The molecule has 1 heteroatoms. The molecule has 0 atom stereocenters. The maximum atomic E-state index is 12.0. The Morgan fingerprint density at radius 2 is 0.667 bits per heavy atom. The molecule has 0 aromatic rings. The highest BCUT2D eigenvalue weighted by molar-refractivity contribution is 5.86. The van der Waals surface area contributed by atoms with Gasteiger partial charge in [-0.2, -0.15) is 0 Å². The standard InChI is InChI=1S/C32H63O/c1-3-5-7-9-11-13-15-17-19-21-23-25-27-29-31-32(33)30-28-26-24-22-20-18-16-14-12-10-8-6-4-2/h31H,3-30H2,1-2H3. The van der Waals surface area contributed by atoms with Crippen molar-refractivity contribution in [1.29, 1.82) is 0 Å². The van der Waals surface area contributed by atoms with Gasteiger partial charge in [0.25, 0.3) is 0 Å². The summed E-state index contributed by atoms with van der Waals surface area (Å²) in [6.45, 7) is 4.58. The quantitative estimate of drug-likeness (QED) is 0.101. The molecule has 0 N–H and O–H groups in total. The molecule has 0 aliphatic rings. The van der Waals surface area contributed by atoms with Crippen molar-refractivity contribution in [1.82, 2.24) is 0 Å². The van der Waals surface area contributed by atoms with Crippen molar-refractivity contribution in [3.8, 4) is 0 Å². The Hall–Kier alpha value is -0.330. The minimum atomic E-state index is 0.400. The van der Waals surface area contributed by atoms with Crippen LogP contribution in [0.3, 0.4) is 0 Å². The first-order chi connectivity index (χ1) is 16.3. The number of hydrogen-bond donors (Lipinski definition) is 0. The molecule has 0 amide bonds. The van der Waals surface area contributed by atoms with Crippen LogP contribution in [0.4, 0.5) is 0 Å². The predicted octanol–water partition coefficient (Wildman–Crippen LogP) is 11.7. The molecule has 0 rings (SSSR count). The van der Waals surface area contributed by atoms with Crippen molar-refractivity contribution in [2.24, 2.45) is 0 Å². The maximum Gasteiger partial charge on any atom is 0.136 e. The topological polar surface area (TPSA) is 17.1 Å². The van der Waals surface area contributed by atoms with Crippen LogP contribution >= 0.6 is 0 Å².